The van der Waals surface area contributed by atoms with Gasteiger partial charge in [-0.3, -0.25) is 0 Å². The number of ether oxygens (including phenoxy) is 1. The smallest absolute Gasteiger partial charge is 0.341 e. The average Bonchev–Trinajstić information content (AvgIpc) is 2.15. The van der Waals surface area contributed by atoms with Crippen LogP contribution in [0.3, 0.4) is 0 Å². The molecule has 0 spiro atoms. The summed E-state index contributed by atoms with van der Waals surface area (Å²) in [5.41, 5.74) is 0.0650. The van der Waals surface area contributed by atoms with Gasteiger partial charge in [0.1, 0.15) is 0 Å². The van der Waals surface area contributed by atoms with Gasteiger partial charge in [0.15, 0.2) is 0 Å². The van der Waals surface area contributed by atoms with Crippen molar-refractivity contribution < 1.29 is 9.53 Å². The van der Waals surface area contributed by atoms with E-state index in [-0.39, 0.29) is 20.6 Å². The summed E-state index contributed by atoms with van der Waals surface area (Å²) in [7, 11) is 1.24. The van der Waals surface area contributed by atoms with Crippen LogP contribution in [0.4, 0.5) is 0 Å². The molecule has 1 aromatic rings. The Morgan fingerprint density at radius 1 is 1.36 bits per heavy atom. The number of methoxy groups -OCH3 is 1. The molecule has 0 bridgehead atoms. The predicted molar refractivity (Wildman–Crippen MR) is 60.5 cm³/mol. The van der Waals surface area contributed by atoms with Crippen LogP contribution in [0.15, 0.2) is 10.5 Å². The third-order valence-corrected chi connectivity index (χ3v) is 3.53. The first-order chi connectivity index (χ1) is 6.49. The van der Waals surface area contributed by atoms with Crippen molar-refractivity contribution in [2.45, 2.75) is 0 Å². The van der Waals surface area contributed by atoms with Gasteiger partial charge in [-0.15, -0.1) is 0 Å². The second-order valence-electron chi connectivity index (χ2n) is 2.33. The Kier molecular flexibility index (Phi) is 4.07. The zero-order valence-corrected chi connectivity index (χ0v) is 10.8. The molecule has 2 nitrogen and oxygen atoms in total. The third kappa shape index (κ3) is 2.16. The van der Waals surface area contributed by atoms with E-state index in [9.17, 15) is 4.79 Å². The summed E-state index contributed by atoms with van der Waals surface area (Å²) < 4.78 is 5.02. The van der Waals surface area contributed by atoms with Crippen molar-refractivity contribution in [3.8, 4) is 0 Å². The second kappa shape index (κ2) is 4.71. The first-order valence-corrected chi connectivity index (χ1v) is 5.33. The fraction of sp³-hybridized carbons (Fsp3) is 0.125. The number of benzene rings is 1. The summed E-state index contributed by atoms with van der Waals surface area (Å²) >= 11 is 20.6. The molecule has 0 N–H and O–H groups in total. The topological polar surface area (TPSA) is 26.3 Å². The van der Waals surface area contributed by atoms with E-state index in [0.29, 0.717) is 4.47 Å². The van der Waals surface area contributed by atoms with Crippen LogP contribution >= 0.6 is 50.7 Å². The lowest BCUT2D eigenvalue weighted by Gasteiger charge is -2.07. The van der Waals surface area contributed by atoms with E-state index in [2.05, 4.69) is 20.7 Å². The minimum Gasteiger partial charge on any atom is -0.465 e. The van der Waals surface area contributed by atoms with Crippen LogP contribution in [0.2, 0.25) is 15.1 Å². The van der Waals surface area contributed by atoms with Gasteiger partial charge in [-0.2, -0.15) is 0 Å². The van der Waals surface area contributed by atoms with Crippen LogP contribution in [0.1, 0.15) is 10.4 Å². The molecular weight excluding hydrogens is 314 g/mol. The fourth-order valence-corrected chi connectivity index (χ4v) is 2.12. The molecule has 0 aliphatic rings. The molecule has 0 aliphatic heterocycles. The van der Waals surface area contributed by atoms with E-state index < -0.39 is 5.97 Å². The highest BCUT2D eigenvalue weighted by Gasteiger charge is 2.20. The van der Waals surface area contributed by atoms with Gasteiger partial charge in [0, 0.05) is 4.47 Å². The predicted octanol–water partition coefficient (Wildman–Crippen LogP) is 4.20. The molecule has 0 saturated carbocycles. The molecule has 0 atom stereocenters. The number of carbonyl (C=O) groups excluding carboxylic acids is 1. The van der Waals surface area contributed by atoms with Crippen LogP contribution in [0.25, 0.3) is 0 Å². The molecule has 0 aromatic heterocycles. The fourth-order valence-electron chi connectivity index (χ4n) is 0.854. The zero-order valence-electron chi connectivity index (χ0n) is 6.91. The van der Waals surface area contributed by atoms with Gasteiger partial charge in [-0.25, -0.2) is 4.79 Å². The summed E-state index contributed by atoms with van der Waals surface area (Å²) in [4.78, 5) is 11.3. The summed E-state index contributed by atoms with van der Waals surface area (Å²) in [6.07, 6.45) is 0. The molecule has 1 aromatic carbocycles. The minimum atomic E-state index is -0.622. The summed E-state index contributed by atoms with van der Waals surface area (Å²) in [6, 6.07) is 1.51. The lowest BCUT2D eigenvalue weighted by atomic mass is 10.2. The summed E-state index contributed by atoms with van der Waals surface area (Å²) in [5.74, 6) is -0.622. The number of halogens is 4. The molecule has 1 rings (SSSR count). The van der Waals surface area contributed by atoms with Crippen LogP contribution in [-0.4, -0.2) is 13.1 Å². The maximum atomic E-state index is 11.3. The lowest BCUT2D eigenvalue weighted by molar-refractivity contribution is 0.0601. The van der Waals surface area contributed by atoms with E-state index in [1.807, 2.05) is 0 Å². The molecule has 14 heavy (non-hydrogen) atoms. The maximum absolute atomic E-state index is 11.3. The molecular formula is C8H4BrCl3O2. The monoisotopic (exact) mass is 316 g/mol. The molecule has 76 valence electrons. The van der Waals surface area contributed by atoms with Gasteiger partial charge < -0.3 is 4.74 Å². The van der Waals surface area contributed by atoms with E-state index in [4.69, 9.17) is 34.8 Å². The number of esters is 1. The quantitative estimate of drug-likeness (QED) is 0.573. The Labute approximate surface area is 104 Å². The first-order valence-electron chi connectivity index (χ1n) is 3.40. The third-order valence-electron chi connectivity index (χ3n) is 1.50. The van der Waals surface area contributed by atoms with Crippen molar-refractivity contribution in [1.82, 2.24) is 0 Å². The number of hydrogen-bond acceptors (Lipinski definition) is 2. The van der Waals surface area contributed by atoms with Crippen LogP contribution in [0, 0.1) is 0 Å². The van der Waals surface area contributed by atoms with Gasteiger partial charge in [0.2, 0.25) is 0 Å². The van der Waals surface area contributed by atoms with Crippen molar-refractivity contribution in [2.24, 2.45) is 0 Å². The molecule has 0 fully saturated rings. The highest BCUT2D eigenvalue weighted by atomic mass is 79.9. The van der Waals surface area contributed by atoms with Crippen molar-refractivity contribution in [3.05, 3.63) is 31.2 Å². The van der Waals surface area contributed by atoms with Crippen molar-refractivity contribution >= 4 is 56.7 Å². The van der Waals surface area contributed by atoms with E-state index in [1.54, 1.807) is 0 Å². The van der Waals surface area contributed by atoms with Crippen molar-refractivity contribution in [2.75, 3.05) is 7.11 Å². The normalized spacial score (nSPS) is 10.1. The largest absolute Gasteiger partial charge is 0.465 e. The highest BCUT2D eigenvalue weighted by molar-refractivity contribution is 9.10. The zero-order chi connectivity index (χ0) is 10.9. The molecule has 0 radical (unpaired) electrons. The van der Waals surface area contributed by atoms with Crippen LogP contribution < -0.4 is 0 Å². The van der Waals surface area contributed by atoms with Gasteiger partial charge in [-0.1, -0.05) is 34.8 Å². The Bertz CT molecular complexity index is 366. The maximum Gasteiger partial charge on any atom is 0.341 e. The molecule has 0 saturated heterocycles. The van der Waals surface area contributed by atoms with Crippen LogP contribution in [0.5, 0.6) is 0 Å². The van der Waals surface area contributed by atoms with Crippen molar-refractivity contribution in [3.63, 3.8) is 0 Å². The van der Waals surface area contributed by atoms with Gasteiger partial charge in [-0.05, 0) is 22.0 Å². The summed E-state index contributed by atoms with van der Waals surface area (Å²) in [5, 5.41) is 0.515. The van der Waals surface area contributed by atoms with Crippen LogP contribution in [-0.2, 0) is 4.74 Å². The first kappa shape index (κ1) is 12.1. The average molecular weight is 318 g/mol. The molecule has 0 unspecified atom stereocenters. The SMILES string of the molecule is COC(=O)c1c(Cl)c(Cl)cc(Br)c1Cl. The van der Waals surface area contributed by atoms with Gasteiger partial charge in [0.05, 0.1) is 27.7 Å². The molecule has 0 amide bonds. The number of hydrogen-bond donors (Lipinski definition) is 0. The highest BCUT2D eigenvalue weighted by Crippen LogP contribution is 2.37. The Morgan fingerprint density at radius 2 is 1.93 bits per heavy atom. The standard InChI is InChI=1S/C8H4BrCl3O2/c1-14-8(13)5-6(11)3(9)2-4(10)7(5)12/h2H,1H3. The van der Waals surface area contributed by atoms with Crippen molar-refractivity contribution in [1.29, 1.82) is 0 Å². The van der Waals surface area contributed by atoms with Gasteiger partial charge in [0.25, 0.3) is 0 Å². The van der Waals surface area contributed by atoms with E-state index in [0.717, 1.165) is 0 Å². The second-order valence-corrected chi connectivity index (χ2v) is 4.35. The lowest BCUT2D eigenvalue weighted by Crippen LogP contribution is -2.03. The minimum absolute atomic E-state index is 0.0650. The molecule has 0 heterocycles. The molecule has 6 heteroatoms. The molecule has 0 aliphatic carbocycles. The van der Waals surface area contributed by atoms with E-state index in [1.165, 1.54) is 13.2 Å². The number of carbonyl (C=O) groups is 1. The Balaban J connectivity index is 3.47. The Morgan fingerprint density at radius 3 is 2.43 bits per heavy atom. The summed E-state index contributed by atoms with van der Waals surface area (Å²) in [6.45, 7) is 0. The van der Waals surface area contributed by atoms with Gasteiger partial charge >= 0.3 is 5.97 Å². The van der Waals surface area contributed by atoms with E-state index >= 15 is 0 Å². The number of rotatable bonds is 1. The Hall–Kier alpha value is 0.0400.